The predicted octanol–water partition coefficient (Wildman–Crippen LogP) is 4.99. The fourth-order valence-electron chi connectivity index (χ4n) is 4.82. The summed E-state index contributed by atoms with van der Waals surface area (Å²) in [4.78, 5) is 34.4. The average Bonchev–Trinajstić information content (AvgIpc) is 3.23. The van der Waals surface area contributed by atoms with Crippen molar-refractivity contribution in [3.63, 3.8) is 0 Å². The Hall–Kier alpha value is -4.23. The molecule has 37 heavy (non-hydrogen) atoms. The molecule has 1 amide bonds. The molecule has 1 fully saturated rings. The molecule has 0 atom stereocenters. The van der Waals surface area contributed by atoms with Crippen molar-refractivity contribution >= 4 is 34.5 Å². The second kappa shape index (κ2) is 10.4. The van der Waals surface area contributed by atoms with Gasteiger partial charge in [0.2, 0.25) is 0 Å². The number of H-pyrrole nitrogens is 1. The first-order valence-corrected chi connectivity index (χ1v) is 12.5. The smallest absolute Gasteiger partial charge is 0.251 e. The summed E-state index contributed by atoms with van der Waals surface area (Å²) >= 11 is 0. The predicted molar refractivity (Wildman–Crippen MR) is 146 cm³/mol. The van der Waals surface area contributed by atoms with Crippen molar-refractivity contribution in [2.24, 2.45) is 4.99 Å². The molecule has 1 aliphatic heterocycles. The van der Waals surface area contributed by atoms with E-state index in [0.29, 0.717) is 33.6 Å². The Kier molecular flexibility index (Phi) is 6.88. The lowest BCUT2D eigenvalue weighted by molar-refractivity contribution is 0.0916. The number of amides is 1. The monoisotopic (exact) mass is 494 g/mol. The van der Waals surface area contributed by atoms with E-state index >= 15 is 0 Å². The maximum absolute atomic E-state index is 12.8. The second-order valence-electron chi connectivity index (χ2n) is 9.65. The van der Waals surface area contributed by atoms with E-state index in [1.165, 1.54) is 0 Å². The van der Waals surface area contributed by atoms with Crippen LogP contribution < -0.4 is 5.32 Å². The van der Waals surface area contributed by atoms with E-state index in [9.17, 15) is 14.7 Å². The molecule has 0 radical (unpaired) electrons. The lowest BCUT2D eigenvalue weighted by Gasteiger charge is -2.29. The van der Waals surface area contributed by atoms with E-state index in [-0.39, 0.29) is 17.8 Å². The van der Waals surface area contributed by atoms with Crippen LogP contribution in [0.3, 0.4) is 0 Å². The summed E-state index contributed by atoms with van der Waals surface area (Å²) in [5.41, 5.74) is 5.26. The highest BCUT2D eigenvalue weighted by atomic mass is 16.3. The first-order chi connectivity index (χ1) is 17.9. The van der Waals surface area contributed by atoms with Gasteiger partial charge in [-0.05, 0) is 81.9 Å². The summed E-state index contributed by atoms with van der Waals surface area (Å²) < 4.78 is 0. The summed E-state index contributed by atoms with van der Waals surface area (Å²) in [6.07, 6.45) is 2.71. The third kappa shape index (κ3) is 5.17. The number of fused-ring (bicyclic) bond motifs is 1. The van der Waals surface area contributed by atoms with E-state index in [4.69, 9.17) is 4.99 Å². The molecule has 0 unspecified atom stereocenters. The number of carbonyl (C=O) groups is 2. The van der Waals surface area contributed by atoms with Gasteiger partial charge in [-0.1, -0.05) is 30.3 Å². The first kappa shape index (κ1) is 24.5. The Morgan fingerprint density at radius 2 is 1.76 bits per heavy atom. The zero-order valence-electron chi connectivity index (χ0n) is 21.0. The minimum atomic E-state index is -0.0795. The van der Waals surface area contributed by atoms with Gasteiger partial charge in [0.25, 0.3) is 5.91 Å². The van der Waals surface area contributed by atoms with Gasteiger partial charge in [0.1, 0.15) is 6.29 Å². The van der Waals surface area contributed by atoms with E-state index in [1.54, 1.807) is 18.2 Å². The van der Waals surface area contributed by atoms with Crippen molar-refractivity contribution in [2.75, 3.05) is 20.1 Å². The molecule has 3 N–H and O–H groups in total. The molecule has 0 saturated carbocycles. The Bertz CT molecular complexity index is 1460. The van der Waals surface area contributed by atoms with Crippen molar-refractivity contribution in [3.05, 3.63) is 94.5 Å². The molecule has 0 bridgehead atoms. The molecule has 2 heterocycles. The zero-order valence-corrected chi connectivity index (χ0v) is 21.0. The highest BCUT2D eigenvalue weighted by Crippen LogP contribution is 2.33. The number of likely N-dealkylation sites (tertiary alicyclic amines) is 1. The third-order valence-electron chi connectivity index (χ3n) is 7.00. The molecule has 1 aliphatic rings. The molecule has 1 aromatic heterocycles. The molecule has 1 saturated heterocycles. The number of aryl methyl sites for hydroxylation is 1. The van der Waals surface area contributed by atoms with Gasteiger partial charge in [0.15, 0.2) is 5.88 Å². The minimum absolute atomic E-state index is 0.0193. The van der Waals surface area contributed by atoms with Crippen LogP contribution >= 0.6 is 0 Å². The number of piperidine rings is 1. The number of benzene rings is 3. The molecule has 0 aliphatic carbocycles. The van der Waals surface area contributed by atoms with Crippen LogP contribution in [0.5, 0.6) is 5.88 Å². The van der Waals surface area contributed by atoms with Crippen LogP contribution in [-0.4, -0.2) is 59.1 Å². The maximum Gasteiger partial charge on any atom is 0.251 e. The Balaban J connectivity index is 1.49. The fraction of sp³-hybridized carbons (Fsp3) is 0.233. The molecule has 0 spiro atoms. The van der Waals surface area contributed by atoms with E-state index in [0.717, 1.165) is 48.7 Å². The molecule has 3 aromatic carbocycles. The van der Waals surface area contributed by atoms with Gasteiger partial charge in [0, 0.05) is 33.6 Å². The summed E-state index contributed by atoms with van der Waals surface area (Å²) in [5, 5.41) is 14.8. The number of aliphatic imine (C=N–C) groups is 1. The number of hydrogen-bond acceptors (Lipinski definition) is 5. The van der Waals surface area contributed by atoms with Crippen molar-refractivity contribution in [2.45, 2.75) is 25.8 Å². The van der Waals surface area contributed by atoms with Gasteiger partial charge in [-0.3, -0.25) is 9.59 Å². The van der Waals surface area contributed by atoms with E-state index in [1.807, 2.05) is 55.5 Å². The first-order valence-electron chi connectivity index (χ1n) is 12.5. The van der Waals surface area contributed by atoms with Gasteiger partial charge in [-0.2, -0.15) is 0 Å². The fourth-order valence-corrected chi connectivity index (χ4v) is 4.82. The highest BCUT2D eigenvalue weighted by molar-refractivity contribution is 6.22. The highest BCUT2D eigenvalue weighted by Gasteiger charge is 2.21. The molecule has 7 heteroatoms. The Morgan fingerprint density at radius 3 is 2.43 bits per heavy atom. The number of aldehydes is 1. The topological polar surface area (TPSA) is 97.8 Å². The summed E-state index contributed by atoms with van der Waals surface area (Å²) in [6.45, 7) is 3.83. The average molecular weight is 495 g/mol. The number of nitrogens with one attached hydrogen (secondary N) is 2. The van der Waals surface area contributed by atoms with Crippen molar-refractivity contribution in [1.29, 1.82) is 0 Å². The maximum atomic E-state index is 12.8. The Labute approximate surface area is 215 Å². The molecule has 4 aromatic rings. The molecular formula is C30H30N4O3. The van der Waals surface area contributed by atoms with Crippen molar-refractivity contribution in [3.8, 4) is 5.88 Å². The normalized spacial score (nSPS) is 15.1. The molecular weight excluding hydrogens is 464 g/mol. The van der Waals surface area contributed by atoms with Gasteiger partial charge in [-0.25, -0.2) is 4.99 Å². The molecule has 5 rings (SSSR count). The number of hydrogen-bond donors (Lipinski definition) is 3. The van der Waals surface area contributed by atoms with Gasteiger partial charge >= 0.3 is 0 Å². The summed E-state index contributed by atoms with van der Waals surface area (Å²) in [7, 11) is 2.10. The second-order valence-corrected chi connectivity index (χ2v) is 9.65. The van der Waals surface area contributed by atoms with Crippen molar-refractivity contribution < 1.29 is 14.7 Å². The SMILES string of the molecule is Cc1cc2c(C(=Nc3ccc(C(=O)NC4CCN(C)CC4)cc3)c3ccccc3)c(O)[nH]c2cc1C=O. The number of carbonyl (C=O) groups excluding carboxylic acids is 2. The summed E-state index contributed by atoms with van der Waals surface area (Å²) in [6, 6.07) is 20.6. The van der Waals surface area contributed by atoms with Crippen LogP contribution in [0.25, 0.3) is 10.9 Å². The van der Waals surface area contributed by atoms with Crippen molar-refractivity contribution in [1.82, 2.24) is 15.2 Å². The standard InChI is InChI=1S/C30H30N4O3/c1-19-16-25-26(17-22(19)18-35)33-30(37)27(25)28(20-6-4-3-5-7-20)31-23-10-8-21(9-11-23)29(36)32-24-12-14-34(2)15-13-24/h3-11,16-18,24,33,37H,12-15H2,1-2H3,(H,32,36). The number of nitrogens with zero attached hydrogens (tertiary/aromatic N) is 2. The number of rotatable bonds is 6. The van der Waals surface area contributed by atoms with Gasteiger partial charge < -0.3 is 20.3 Å². The Morgan fingerprint density at radius 1 is 1.05 bits per heavy atom. The largest absolute Gasteiger partial charge is 0.494 e. The van der Waals surface area contributed by atoms with Crippen LogP contribution in [0.15, 0.2) is 71.7 Å². The van der Waals surface area contributed by atoms with E-state index in [2.05, 4.69) is 22.2 Å². The van der Waals surface area contributed by atoms with Crippen LogP contribution in [0.2, 0.25) is 0 Å². The van der Waals surface area contributed by atoms with Gasteiger partial charge in [0.05, 0.1) is 17.0 Å². The minimum Gasteiger partial charge on any atom is -0.494 e. The zero-order chi connectivity index (χ0) is 25.9. The van der Waals surface area contributed by atoms with Gasteiger partial charge in [-0.15, -0.1) is 0 Å². The lowest BCUT2D eigenvalue weighted by Crippen LogP contribution is -2.43. The lowest BCUT2D eigenvalue weighted by atomic mass is 9.98. The van der Waals surface area contributed by atoms with Crippen LogP contribution in [0, 0.1) is 6.92 Å². The third-order valence-corrected chi connectivity index (χ3v) is 7.00. The van der Waals surface area contributed by atoms with Crippen LogP contribution in [-0.2, 0) is 0 Å². The molecule has 188 valence electrons. The number of aromatic amines is 1. The van der Waals surface area contributed by atoms with E-state index < -0.39 is 0 Å². The number of aromatic nitrogens is 1. The quantitative estimate of drug-likeness (QED) is 0.260. The molecule has 7 nitrogen and oxygen atoms in total. The summed E-state index contributed by atoms with van der Waals surface area (Å²) in [5.74, 6) is -0.0988. The van der Waals surface area contributed by atoms with Crippen LogP contribution in [0.4, 0.5) is 5.69 Å². The number of aromatic hydroxyl groups is 1. The van der Waals surface area contributed by atoms with Crippen LogP contribution in [0.1, 0.15) is 50.2 Å².